The van der Waals surface area contributed by atoms with Gasteiger partial charge in [0.15, 0.2) is 5.85 Å². The molecule has 0 aliphatic rings. The van der Waals surface area contributed by atoms with Crippen LogP contribution in [-0.2, 0) is 4.57 Å². The Balaban J connectivity index is 3.02. The van der Waals surface area contributed by atoms with Gasteiger partial charge in [-0.3, -0.25) is 4.57 Å². The molecule has 0 amide bonds. The van der Waals surface area contributed by atoms with Crippen LogP contribution in [0.25, 0.3) is 0 Å². The average molecular weight is 203 g/mol. The van der Waals surface area contributed by atoms with Crippen molar-refractivity contribution in [3.05, 3.63) is 29.8 Å². The molecule has 1 aromatic rings. The Labute approximate surface area is 75.0 Å². The SMILES string of the molecule is Nc1cccc(C(O)P(=O)(O)O)c1. The number of aliphatic hydroxyl groups excluding tert-OH is 1. The molecule has 1 unspecified atom stereocenters. The minimum Gasteiger partial charge on any atom is -0.399 e. The smallest absolute Gasteiger partial charge is 0.358 e. The van der Waals surface area contributed by atoms with Crippen molar-refractivity contribution in [2.75, 3.05) is 5.73 Å². The molecule has 0 aromatic heterocycles. The number of rotatable bonds is 2. The third-order valence-corrected chi connectivity index (χ3v) is 2.46. The van der Waals surface area contributed by atoms with E-state index in [1.54, 1.807) is 6.07 Å². The van der Waals surface area contributed by atoms with Crippen LogP contribution in [0.3, 0.4) is 0 Å². The lowest BCUT2D eigenvalue weighted by molar-refractivity contribution is 0.205. The van der Waals surface area contributed by atoms with E-state index in [-0.39, 0.29) is 5.56 Å². The minimum absolute atomic E-state index is 0.119. The number of hydrogen-bond donors (Lipinski definition) is 4. The predicted octanol–water partition coefficient (Wildman–Crippen LogP) is 0.437. The molecule has 72 valence electrons. The zero-order chi connectivity index (χ0) is 10.1. The van der Waals surface area contributed by atoms with Crippen LogP contribution in [-0.4, -0.2) is 14.9 Å². The highest BCUT2D eigenvalue weighted by Crippen LogP contribution is 2.49. The van der Waals surface area contributed by atoms with E-state index in [0.29, 0.717) is 5.69 Å². The van der Waals surface area contributed by atoms with Crippen LogP contribution < -0.4 is 5.73 Å². The molecule has 5 nitrogen and oxygen atoms in total. The van der Waals surface area contributed by atoms with Crippen molar-refractivity contribution in [2.24, 2.45) is 0 Å². The van der Waals surface area contributed by atoms with Crippen LogP contribution in [0.1, 0.15) is 11.4 Å². The van der Waals surface area contributed by atoms with Gasteiger partial charge in [0.1, 0.15) is 0 Å². The number of aliphatic hydroxyl groups is 1. The van der Waals surface area contributed by atoms with E-state index < -0.39 is 13.4 Å². The molecule has 0 saturated carbocycles. The highest BCUT2D eigenvalue weighted by Gasteiger charge is 2.27. The minimum atomic E-state index is -4.50. The van der Waals surface area contributed by atoms with Gasteiger partial charge < -0.3 is 20.6 Å². The van der Waals surface area contributed by atoms with E-state index in [2.05, 4.69) is 0 Å². The van der Waals surface area contributed by atoms with Crippen molar-refractivity contribution >= 4 is 13.3 Å². The summed E-state index contributed by atoms with van der Waals surface area (Å²) in [4.78, 5) is 17.3. The van der Waals surface area contributed by atoms with Gasteiger partial charge in [0.2, 0.25) is 0 Å². The van der Waals surface area contributed by atoms with Crippen LogP contribution >= 0.6 is 7.60 Å². The summed E-state index contributed by atoms with van der Waals surface area (Å²) in [5, 5.41) is 9.16. The summed E-state index contributed by atoms with van der Waals surface area (Å²) in [6, 6.07) is 5.81. The summed E-state index contributed by atoms with van der Waals surface area (Å²) in [6.45, 7) is 0. The van der Waals surface area contributed by atoms with Crippen LogP contribution in [0, 0.1) is 0 Å². The summed E-state index contributed by atoms with van der Waals surface area (Å²) in [7, 11) is -4.50. The monoisotopic (exact) mass is 203 g/mol. The molecule has 0 aliphatic carbocycles. The van der Waals surface area contributed by atoms with Crippen molar-refractivity contribution in [1.29, 1.82) is 0 Å². The molecule has 6 heteroatoms. The molecule has 0 bridgehead atoms. The lowest BCUT2D eigenvalue weighted by atomic mass is 10.2. The number of benzene rings is 1. The largest absolute Gasteiger partial charge is 0.399 e. The molecule has 1 aromatic carbocycles. The zero-order valence-corrected chi connectivity index (χ0v) is 7.56. The molecule has 0 aliphatic heterocycles. The zero-order valence-electron chi connectivity index (χ0n) is 6.66. The summed E-state index contributed by atoms with van der Waals surface area (Å²) >= 11 is 0. The Morgan fingerprint density at radius 1 is 1.38 bits per heavy atom. The Bertz CT molecular complexity index is 348. The maximum Gasteiger partial charge on any atom is 0.358 e. The van der Waals surface area contributed by atoms with Gasteiger partial charge in [0, 0.05) is 5.69 Å². The molecular weight excluding hydrogens is 193 g/mol. The molecule has 0 heterocycles. The third kappa shape index (κ3) is 2.54. The topological polar surface area (TPSA) is 104 Å². The van der Waals surface area contributed by atoms with Gasteiger partial charge in [-0.25, -0.2) is 0 Å². The normalized spacial score (nSPS) is 14.1. The highest BCUT2D eigenvalue weighted by atomic mass is 31.2. The maximum absolute atomic E-state index is 10.6. The fraction of sp³-hybridized carbons (Fsp3) is 0.143. The summed E-state index contributed by atoms with van der Waals surface area (Å²) in [6.07, 6.45) is 0. The third-order valence-electron chi connectivity index (χ3n) is 1.53. The first-order valence-corrected chi connectivity index (χ1v) is 5.18. The van der Waals surface area contributed by atoms with Gasteiger partial charge >= 0.3 is 7.60 Å². The molecule has 1 rings (SSSR count). The first kappa shape index (κ1) is 10.2. The molecule has 1 atom stereocenters. The summed E-state index contributed by atoms with van der Waals surface area (Å²) in [5.74, 6) is -1.80. The van der Waals surface area contributed by atoms with Crippen molar-refractivity contribution in [2.45, 2.75) is 5.85 Å². The van der Waals surface area contributed by atoms with Gasteiger partial charge in [-0.1, -0.05) is 12.1 Å². The highest BCUT2D eigenvalue weighted by molar-refractivity contribution is 7.51. The first-order chi connectivity index (χ1) is 5.91. The predicted molar refractivity (Wildman–Crippen MR) is 47.9 cm³/mol. The Morgan fingerprint density at radius 2 is 2.00 bits per heavy atom. The van der Waals surface area contributed by atoms with E-state index in [4.69, 9.17) is 20.6 Å². The van der Waals surface area contributed by atoms with Crippen LogP contribution in [0.2, 0.25) is 0 Å². The summed E-state index contributed by atoms with van der Waals surface area (Å²) in [5.41, 5.74) is 5.85. The second kappa shape index (κ2) is 3.47. The van der Waals surface area contributed by atoms with Crippen molar-refractivity contribution in [1.82, 2.24) is 0 Å². The maximum atomic E-state index is 10.6. The number of hydrogen-bond acceptors (Lipinski definition) is 3. The van der Waals surface area contributed by atoms with Crippen LogP contribution in [0.5, 0.6) is 0 Å². The van der Waals surface area contributed by atoms with E-state index in [1.807, 2.05) is 0 Å². The van der Waals surface area contributed by atoms with Crippen LogP contribution in [0.4, 0.5) is 5.69 Å². The van der Waals surface area contributed by atoms with E-state index in [9.17, 15) is 4.57 Å². The molecule has 5 N–H and O–H groups in total. The quantitative estimate of drug-likeness (QED) is 0.412. The number of nitrogens with two attached hydrogens (primary N) is 1. The van der Waals surface area contributed by atoms with Crippen molar-refractivity contribution in [3.63, 3.8) is 0 Å². The Kier molecular flexibility index (Phi) is 2.73. The number of anilines is 1. The van der Waals surface area contributed by atoms with E-state index in [0.717, 1.165) is 0 Å². The van der Waals surface area contributed by atoms with E-state index in [1.165, 1.54) is 18.2 Å². The number of nitrogen functional groups attached to an aromatic ring is 1. The molecule has 13 heavy (non-hydrogen) atoms. The Hall–Kier alpha value is -0.870. The fourth-order valence-electron chi connectivity index (χ4n) is 0.914. The Morgan fingerprint density at radius 3 is 2.46 bits per heavy atom. The lowest BCUT2D eigenvalue weighted by Gasteiger charge is -2.12. The first-order valence-electron chi connectivity index (χ1n) is 3.50. The van der Waals surface area contributed by atoms with Gasteiger partial charge in [-0.15, -0.1) is 0 Å². The molecule has 0 radical (unpaired) electrons. The van der Waals surface area contributed by atoms with Gasteiger partial charge in [0.05, 0.1) is 0 Å². The molecular formula is C7H10NO4P. The van der Waals surface area contributed by atoms with Gasteiger partial charge in [-0.2, -0.15) is 0 Å². The van der Waals surface area contributed by atoms with Gasteiger partial charge in [0.25, 0.3) is 0 Å². The summed E-state index contributed by atoms with van der Waals surface area (Å²) < 4.78 is 10.6. The molecule has 0 saturated heterocycles. The molecule has 0 spiro atoms. The fourth-order valence-corrected chi connectivity index (χ4v) is 1.46. The standard InChI is InChI=1S/C7H10NO4P/c8-6-3-1-2-5(4-6)7(9)13(10,11)12/h1-4,7,9H,8H2,(H2,10,11,12). The second-order valence-corrected chi connectivity index (χ2v) is 4.30. The van der Waals surface area contributed by atoms with Crippen LogP contribution in [0.15, 0.2) is 24.3 Å². The second-order valence-electron chi connectivity index (χ2n) is 2.63. The molecule has 0 fully saturated rings. The van der Waals surface area contributed by atoms with Crippen molar-refractivity contribution < 1.29 is 19.5 Å². The average Bonchev–Trinajstić information content (AvgIpc) is 2.01. The lowest BCUT2D eigenvalue weighted by Crippen LogP contribution is -1.99. The van der Waals surface area contributed by atoms with Crippen molar-refractivity contribution in [3.8, 4) is 0 Å². The van der Waals surface area contributed by atoms with Gasteiger partial charge in [-0.05, 0) is 17.7 Å². The van der Waals surface area contributed by atoms with E-state index >= 15 is 0 Å².